The summed E-state index contributed by atoms with van der Waals surface area (Å²) in [5.41, 5.74) is -0.791. The molecule has 2 fully saturated rings. The molecule has 0 radical (unpaired) electrons. The average Bonchev–Trinajstić information content (AvgIpc) is 3.14. The lowest BCUT2D eigenvalue weighted by Gasteiger charge is -2.36. The van der Waals surface area contributed by atoms with Crippen molar-refractivity contribution in [2.75, 3.05) is 52.9 Å². The fourth-order valence-electron chi connectivity index (χ4n) is 3.41. The van der Waals surface area contributed by atoms with E-state index in [-0.39, 0.29) is 5.91 Å². The van der Waals surface area contributed by atoms with E-state index in [0.717, 1.165) is 26.2 Å². The number of amides is 1. The van der Waals surface area contributed by atoms with E-state index in [1.807, 2.05) is 0 Å². The summed E-state index contributed by atoms with van der Waals surface area (Å²) in [6.07, 6.45) is 1.46. The lowest BCUT2D eigenvalue weighted by Crippen LogP contribution is -2.52. The highest BCUT2D eigenvalue weighted by molar-refractivity contribution is 6.29. The van der Waals surface area contributed by atoms with E-state index in [4.69, 9.17) is 16.1 Å². The second-order valence-corrected chi connectivity index (χ2v) is 7.37. The first-order valence-electron chi connectivity index (χ1n) is 8.46. The van der Waals surface area contributed by atoms with Gasteiger partial charge in [0.25, 0.3) is 0 Å². The minimum atomic E-state index is -0.791. The summed E-state index contributed by atoms with van der Waals surface area (Å²) in [6.45, 7) is 5.66. The number of aryl methyl sites for hydroxylation is 1. The van der Waals surface area contributed by atoms with Gasteiger partial charge in [0.1, 0.15) is 5.76 Å². The monoisotopic (exact) mass is 356 g/mol. The first-order chi connectivity index (χ1) is 11.4. The van der Waals surface area contributed by atoms with Crippen LogP contribution in [0, 0.1) is 0 Å². The van der Waals surface area contributed by atoms with Crippen molar-refractivity contribution in [1.82, 2.24) is 19.9 Å². The van der Waals surface area contributed by atoms with Crippen LogP contribution in [-0.4, -0.2) is 89.3 Å². The first kappa shape index (κ1) is 17.7. The minimum Gasteiger partial charge on any atom is -0.387 e. The van der Waals surface area contributed by atoms with Crippen molar-refractivity contribution in [2.24, 2.45) is 0 Å². The van der Waals surface area contributed by atoms with Crippen LogP contribution in [0.15, 0.2) is 10.6 Å². The third-order valence-electron chi connectivity index (χ3n) is 4.91. The SMILES string of the molecule is CN1CCN(C[C@]2(O)CCN(C(=O)CCc3cc(Cl)no3)C2)CC1. The maximum atomic E-state index is 12.3. The zero-order chi connectivity index (χ0) is 17.2. The van der Waals surface area contributed by atoms with Crippen molar-refractivity contribution in [1.29, 1.82) is 0 Å². The lowest BCUT2D eigenvalue weighted by molar-refractivity contribution is -0.131. The van der Waals surface area contributed by atoms with Crippen molar-refractivity contribution in [3.63, 3.8) is 0 Å². The van der Waals surface area contributed by atoms with Gasteiger partial charge < -0.3 is 19.4 Å². The third kappa shape index (κ3) is 4.47. The summed E-state index contributed by atoms with van der Waals surface area (Å²) in [4.78, 5) is 18.7. The Morgan fingerprint density at radius 1 is 1.38 bits per heavy atom. The predicted molar refractivity (Wildman–Crippen MR) is 89.9 cm³/mol. The number of rotatable bonds is 5. The van der Waals surface area contributed by atoms with E-state index in [2.05, 4.69) is 22.0 Å². The molecule has 2 aliphatic rings. The molecule has 0 aliphatic carbocycles. The van der Waals surface area contributed by atoms with Gasteiger partial charge in [0, 0.05) is 58.2 Å². The molecule has 8 heteroatoms. The molecule has 1 aromatic rings. The van der Waals surface area contributed by atoms with E-state index in [1.165, 1.54) is 0 Å². The van der Waals surface area contributed by atoms with Gasteiger partial charge in [-0.1, -0.05) is 16.8 Å². The van der Waals surface area contributed by atoms with Crippen LogP contribution in [0.4, 0.5) is 0 Å². The molecule has 1 aromatic heterocycles. The molecule has 24 heavy (non-hydrogen) atoms. The number of carbonyl (C=O) groups excluding carboxylic acids is 1. The zero-order valence-corrected chi connectivity index (χ0v) is 14.8. The van der Waals surface area contributed by atoms with Gasteiger partial charge in [-0.05, 0) is 13.5 Å². The van der Waals surface area contributed by atoms with Gasteiger partial charge in [-0.2, -0.15) is 0 Å². The number of piperazine rings is 1. The van der Waals surface area contributed by atoms with Crippen molar-refractivity contribution in [2.45, 2.75) is 24.9 Å². The van der Waals surface area contributed by atoms with Crippen LogP contribution < -0.4 is 0 Å². The van der Waals surface area contributed by atoms with Crippen LogP contribution in [0.1, 0.15) is 18.6 Å². The number of likely N-dealkylation sites (tertiary alicyclic amines) is 1. The topological polar surface area (TPSA) is 73.1 Å². The van der Waals surface area contributed by atoms with Crippen LogP contribution in [0.5, 0.6) is 0 Å². The Bertz CT molecular complexity index is 573. The van der Waals surface area contributed by atoms with Crippen LogP contribution in [-0.2, 0) is 11.2 Å². The van der Waals surface area contributed by atoms with Gasteiger partial charge in [0.2, 0.25) is 5.91 Å². The molecule has 1 N–H and O–H groups in total. The number of halogens is 1. The number of aromatic nitrogens is 1. The minimum absolute atomic E-state index is 0.0387. The number of hydrogen-bond acceptors (Lipinski definition) is 6. The fraction of sp³-hybridized carbons (Fsp3) is 0.750. The Morgan fingerprint density at radius 3 is 2.79 bits per heavy atom. The van der Waals surface area contributed by atoms with Crippen molar-refractivity contribution >= 4 is 17.5 Å². The maximum Gasteiger partial charge on any atom is 0.223 e. The Balaban J connectivity index is 1.46. The molecule has 134 valence electrons. The summed E-state index contributed by atoms with van der Waals surface area (Å²) in [6, 6.07) is 1.63. The molecule has 0 saturated carbocycles. The Kier molecular flexibility index (Phi) is 5.44. The van der Waals surface area contributed by atoms with Crippen LogP contribution >= 0.6 is 11.6 Å². The number of hydrogen-bond donors (Lipinski definition) is 1. The molecule has 3 rings (SSSR count). The summed E-state index contributed by atoms with van der Waals surface area (Å²) >= 11 is 5.70. The normalized spacial score (nSPS) is 26.2. The molecular weight excluding hydrogens is 332 g/mol. The van der Waals surface area contributed by atoms with Gasteiger partial charge in [0.05, 0.1) is 12.1 Å². The number of β-amino-alcohol motifs (C(OH)–C–C–N with tert-alkyl or cyclic N) is 1. The first-order valence-corrected chi connectivity index (χ1v) is 8.83. The zero-order valence-electron chi connectivity index (χ0n) is 14.1. The highest BCUT2D eigenvalue weighted by Gasteiger charge is 2.39. The summed E-state index contributed by atoms with van der Waals surface area (Å²) in [7, 11) is 2.11. The molecule has 3 heterocycles. The standard InChI is InChI=1S/C16H25ClN4O3/c1-19-6-8-20(9-7-19)11-16(23)4-5-21(12-16)15(22)3-2-13-10-14(17)18-24-13/h10,23H,2-9,11-12H2,1H3/t16-/m1/s1. The van der Waals surface area contributed by atoms with Crippen molar-refractivity contribution in [3.05, 3.63) is 17.0 Å². The van der Waals surface area contributed by atoms with E-state index < -0.39 is 5.60 Å². The highest BCUT2D eigenvalue weighted by Crippen LogP contribution is 2.24. The Hall–Kier alpha value is -1.15. The van der Waals surface area contributed by atoms with Gasteiger partial charge in [0.15, 0.2) is 5.15 Å². The van der Waals surface area contributed by atoms with Crippen LogP contribution in [0.3, 0.4) is 0 Å². The Labute approximate surface area is 147 Å². The average molecular weight is 357 g/mol. The van der Waals surface area contributed by atoms with Crippen LogP contribution in [0.2, 0.25) is 5.15 Å². The van der Waals surface area contributed by atoms with Crippen LogP contribution in [0.25, 0.3) is 0 Å². The van der Waals surface area contributed by atoms with Crippen molar-refractivity contribution < 1.29 is 14.4 Å². The summed E-state index contributed by atoms with van der Waals surface area (Å²) < 4.78 is 5.01. The molecule has 0 spiro atoms. The summed E-state index contributed by atoms with van der Waals surface area (Å²) in [5, 5.41) is 14.7. The molecule has 7 nitrogen and oxygen atoms in total. The maximum absolute atomic E-state index is 12.3. The van der Waals surface area contributed by atoms with E-state index in [9.17, 15) is 9.90 Å². The number of carbonyl (C=O) groups is 1. The molecule has 2 aliphatic heterocycles. The smallest absolute Gasteiger partial charge is 0.223 e. The highest BCUT2D eigenvalue weighted by atomic mass is 35.5. The fourth-order valence-corrected chi connectivity index (χ4v) is 3.57. The number of nitrogens with zero attached hydrogens (tertiary/aromatic N) is 4. The third-order valence-corrected chi connectivity index (χ3v) is 5.09. The van der Waals surface area contributed by atoms with E-state index in [1.54, 1.807) is 11.0 Å². The quantitative estimate of drug-likeness (QED) is 0.827. The lowest BCUT2D eigenvalue weighted by atomic mass is 10.0. The molecule has 1 atom stereocenters. The molecular formula is C16H25ClN4O3. The van der Waals surface area contributed by atoms with Gasteiger partial charge in [-0.25, -0.2) is 0 Å². The Morgan fingerprint density at radius 2 is 2.12 bits per heavy atom. The largest absolute Gasteiger partial charge is 0.387 e. The van der Waals surface area contributed by atoms with Crippen molar-refractivity contribution in [3.8, 4) is 0 Å². The van der Waals surface area contributed by atoms with Gasteiger partial charge >= 0.3 is 0 Å². The van der Waals surface area contributed by atoms with Gasteiger partial charge in [-0.3, -0.25) is 9.69 Å². The van der Waals surface area contributed by atoms with E-state index in [0.29, 0.717) is 49.8 Å². The van der Waals surface area contributed by atoms with E-state index >= 15 is 0 Å². The second-order valence-electron chi connectivity index (χ2n) is 6.99. The molecule has 0 unspecified atom stereocenters. The molecule has 0 aromatic carbocycles. The molecule has 2 saturated heterocycles. The second kappa shape index (κ2) is 7.39. The predicted octanol–water partition coefficient (Wildman–Crippen LogP) is 0.471. The summed E-state index contributed by atoms with van der Waals surface area (Å²) in [5.74, 6) is 0.650. The number of aliphatic hydroxyl groups is 1. The number of likely N-dealkylation sites (N-methyl/N-ethyl adjacent to an activating group) is 1. The molecule has 0 bridgehead atoms. The molecule has 1 amide bonds. The van der Waals surface area contributed by atoms with Gasteiger partial charge in [-0.15, -0.1) is 0 Å².